The average molecular weight is 461 g/mol. The molecule has 0 heterocycles. The first-order valence-electron chi connectivity index (χ1n) is 4.63. The van der Waals surface area contributed by atoms with E-state index in [4.69, 9.17) is 5.11 Å². The van der Waals surface area contributed by atoms with Gasteiger partial charge in [-0.05, 0) is 18.3 Å². The minimum Gasteiger partial charge on any atom is -0.481 e. The maximum atomic E-state index is 10.2. The Morgan fingerprint density at radius 1 is 1.07 bits per heavy atom. The summed E-state index contributed by atoms with van der Waals surface area (Å²) >= 11 is 0. The molecule has 0 spiro atoms. The van der Waals surface area contributed by atoms with Crippen LogP contribution in [0.3, 0.4) is 0 Å². The van der Waals surface area contributed by atoms with Gasteiger partial charge in [-0.2, -0.15) is 0 Å². The molecule has 0 atom stereocenters. The summed E-state index contributed by atoms with van der Waals surface area (Å²) in [5.74, 6) is -0.675. The van der Waals surface area contributed by atoms with Crippen LogP contribution >= 0.6 is 0 Å². The van der Waals surface area contributed by atoms with Crippen LogP contribution < -0.4 is 0 Å². The fourth-order valence-corrected chi connectivity index (χ4v) is 1.11. The molecule has 80 valence electrons. The molecular weight excluding hydrogens is 441 g/mol. The minimum atomic E-state index is -0.675. The number of carboxylic acids is 1. The number of unbranched alkanes of at least 4 members (excludes halogenated alkanes) is 2. The number of aliphatic carboxylic acids is 1. The third-order valence-corrected chi connectivity index (χ3v) is 1.82. The van der Waals surface area contributed by atoms with Crippen molar-refractivity contribution in [1.82, 2.24) is 0 Å². The fourth-order valence-electron chi connectivity index (χ4n) is 1.11. The SMILES string of the molecule is CC(C)(C)CCCCCC(=O)O.[Nd].[Nd]. The number of carboxylic acid groups (broad SMARTS) is 1. The number of rotatable bonds is 5. The molecule has 0 aliphatic carbocycles. The Balaban J connectivity index is -0.000000605. The molecule has 0 radical (unpaired) electrons. The molecule has 0 bridgehead atoms. The molecule has 0 saturated carbocycles. The van der Waals surface area contributed by atoms with Gasteiger partial charge in [0.25, 0.3) is 0 Å². The van der Waals surface area contributed by atoms with E-state index in [0.29, 0.717) is 11.8 Å². The predicted molar refractivity (Wildman–Crippen MR) is 50.2 cm³/mol. The van der Waals surface area contributed by atoms with Crippen molar-refractivity contribution in [3.63, 3.8) is 0 Å². The molecule has 0 rings (SSSR count). The van der Waals surface area contributed by atoms with Crippen LogP contribution in [0.15, 0.2) is 0 Å². The normalized spacial score (nSPS) is 9.93. The predicted octanol–water partition coefficient (Wildman–Crippen LogP) is 3.07. The van der Waals surface area contributed by atoms with Crippen LogP contribution in [-0.4, -0.2) is 11.1 Å². The Morgan fingerprint density at radius 3 is 1.93 bits per heavy atom. The van der Waals surface area contributed by atoms with Gasteiger partial charge in [0.15, 0.2) is 0 Å². The molecule has 1 N–H and O–H groups in total. The van der Waals surface area contributed by atoms with E-state index in [2.05, 4.69) is 20.8 Å². The largest absolute Gasteiger partial charge is 0.481 e. The van der Waals surface area contributed by atoms with Crippen molar-refractivity contribution in [2.45, 2.75) is 52.9 Å². The zero-order chi connectivity index (χ0) is 9.61. The van der Waals surface area contributed by atoms with E-state index in [9.17, 15) is 4.79 Å². The second kappa shape index (κ2) is 11.7. The van der Waals surface area contributed by atoms with Crippen LogP contribution in [0.1, 0.15) is 52.9 Å². The molecule has 0 aromatic carbocycles. The summed E-state index contributed by atoms with van der Waals surface area (Å²) in [6.45, 7) is 6.64. The van der Waals surface area contributed by atoms with Crippen molar-refractivity contribution < 1.29 is 91.6 Å². The molecule has 0 fully saturated rings. The van der Waals surface area contributed by atoms with Crippen LogP contribution in [0.5, 0.6) is 0 Å². The molecular formula is C10H20Nd2O2. The summed E-state index contributed by atoms with van der Waals surface area (Å²) in [4.78, 5) is 10.2. The van der Waals surface area contributed by atoms with Gasteiger partial charge in [-0.25, -0.2) is 0 Å². The first-order chi connectivity index (χ1) is 5.42. The van der Waals surface area contributed by atoms with Crippen molar-refractivity contribution in [2.75, 3.05) is 0 Å². The Hall–Kier alpha value is 2.17. The maximum absolute atomic E-state index is 10.2. The van der Waals surface area contributed by atoms with Crippen molar-refractivity contribution in [3.8, 4) is 0 Å². The summed E-state index contributed by atoms with van der Waals surface area (Å²) in [7, 11) is 0. The standard InChI is InChI=1S/C10H20O2.2Nd/c1-10(2,3)8-6-4-5-7-9(11)12;;/h4-8H2,1-3H3,(H,11,12);;. The molecule has 0 unspecified atom stereocenters. The van der Waals surface area contributed by atoms with E-state index in [-0.39, 0.29) is 81.7 Å². The van der Waals surface area contributed by atoms with Crippen LogP contribution in [-0.2, 0) is 4.79 Å². The first-order valence-corrected chi connectivity index (χ1v) is 4.63. The van der Waals surface area contributed by atoms with Crippen LogP contribution in [0, 0.1) is 87.1 Å². The van der Waals surface area contributed by atoms with Gasteiger partial charge in [0.05, 0.1) is 0 Å². The Labute approximate surface area is 153 Å². The third kappa shape index (κ3) is 19.7. The molecule has 0 aliphatic heterocycles. The fraction of sp³-hybridized carbons (Fsp3) is 0.900. The smallest absolute Gasteiger partial charge is 0.303 e. The molecule has 0 amide bonds. The van der Waals surface area contributed by atoms with E-state index >= 15 is 0 Å². The van der Waals surface area contributed by atoms with Crippen molar-refractivity contribution in [1.29, 1.82) is 0 Å². The van der Waals surface area contributed by atoms with E-state index in [1.807, 2.05) is 0 Å². The monoisotopic (exact) mass is 456 g/mol. The summed E-state index contributed by atoms with van der Waals surface area (Å²) in [6, 6.07) is 0. The van der Waals surface area contributed by atoms with Gasteiger partial charge in [0, 0.05) is 88.1 Å². The molecule has 0 aromatic rings. The molecule has 0 aromatic heterocycles. The summed E-state index contributed by atoms with van der Waals surface area (Å²) in [5.41, 5.74) is 0.392. The average Bonchev–Trinajstić information content (AvgIpc) is 1.83. The quantitative estimate of drug-likeness (QED) is 0.640. The van der Waals surface area contributed by atoms with Gasteiger partial charge >= 0.3 is 5.97 Å². The second-order valence-corrected chi connectivity index (χ2v) is 4.52. The number of hydrogen-bond donors (Lipinski definition) is 1. The Bertz CT molecular complexity index is 142. The van der Waals surface area contributed by atoms with Gasteiger partial charge in [0.1, 0.15) is 0 Å². The molecule has 0 aliphatic rings. The van der Waals surface area contributed by atoms with Crippen LogP contribution in [0.4, 0.5) is 0 Å². The number of hydrogen-bond acceptors (Lipinski definition) is 1. The van der Waals surface area contributed by atoms with E-state index in [1.54, 1.807) is 0 Å². The minimum absolute atomic E-state index is 0. The van der Waals surface area contributed by atoms with E-state index in [0.717, 1.165) is 19.3 Å². The van der Waals surface area contributed by atoms with Gasteiger partial charge in [0.2, 0.25) is 0 Å². The van der Waals surface area contributed by atoms with Crippen LogP contribution in [0.2, 0.25) is 0 Å². The molecule has 2 nitrogen and oxygen atoms in total. The zero-order valence-corrected chi connectivity index (χ0v) is 15.8. The van der Waals surface area contributed by atoms with Crippen molar-refractivity contribution in [2.24, 2.45) is 5.41 Å². The van der Waals surface area contributed by atoms with Crippen LogP contribution in [0.25, 0.3) is 0 Å². The third-order valence-electron chi connectivity index (χ3n) is 1.82. The van der Waals surface area contributed by atoms with Gasteiger partial charge < -0.3 is 5.11 Å². The zero-order valence-electron chi connectivity index (χ0n) is 9.39. The van der Waals surface area contributed by atoms with Crippen molar-refractivity contribution >= 4 is 5.97 Å². The summed E-state index contributed by atoms with van der Waals surface area (Å²) < 4.78 is 0. The molecule has 4 heteroatoms. The van der Waals surface area contributed by atoms with Gasteiger partial charge in [-0.15, -0.1) is 0 Å². The topological polar surface area (TPSA) is 37.3 Å². The van der Waals surface area contributed by atoms with Gasteiger partial charge in [-0.3, -0.25) is 4.79 Å². The van der Waals surface area contributed by atoms with E-state index < -0.39 is 5.97 Å². The Kier molecular flexibility index (Phi) is 17.9. The maximum Gasteiger partial charge on any atom is 0.303 e. The summed E-state index contributed by atoms with van der Waals surface area (Å²) in [5, 5.41) is 8.37. The molecule has 14 heavy (non-hydrogen) atoms. The molecule has 0 saturated heterocycles. The van der Waals surface area contributed by atoms with Crippen molar-refractivity contribution in [3.05, 3.63) is 0 Å². The first kappa shape index (κ1) is 21.5. The number of carbonyl (C=O) groups is 1. The van der Waals surface area contributed by atoms with Gasteiger partial charge in [-0.1, -0.05) is 33.6 Å². The Morgan fingerprint density at radius 2 is 1.57 bits per heavy atom. The summed E-state index contributed by atoms with van der Waals surface area (Å²) in [6.07, 6.45) is 4.53. The second-order valence-electron chi connectivity index (χ2n) is 4.52. The van der Waals surface area contributed by atoms with E-state index in [1.165, 1.54) is 6.42 Å².